The van der Waals surface area contributed by atoms with E-state index >= 15 is 0 Å². The van der Waals surface area contributed by atoms with Gasteiger partial charge in [-0.15, -0.1) is 0 Å². The highest BCUT2D eigenvalue weighted by molar-refractivity contribution is 7.92. The highest BCUT2D eigenvalue weighted by Gasteiger charge is 2.14. The zero-order valence-electron chi connectivity index (χ0n) is 7.12. The van der Waals surface area contributed by atoms with Gasteiger partial charge in [-0.3, -0.25) is 0 Å². The molecular weight excluding hydrogens is 166 g/mol. The second kappa shape index (κ2) is 4.69. The van der Waals surface area contributed by atoms with Crippen LogP contribution in [0.5, 0.6) is 0 Å². The summed E-state index contributed by atoms with van der Waals surface area (Å²) in [6, 6.07) is 0. The molecule has 0 aliphatic rings. The molecule has 0 aromatic carbocycles. The van der Waals surface area contributed by atoms with Crippen molar-refractivity contribution < 1.29 is 13.3 Å². The Morgan fingerprint density at radius 1 is 1.45 bits per heavy atom. The topological polar surface area (TPSA) is 55.4 Å². The van der Waals surface area contributed by atoms with Crippen molar-refractivity contribution in [1.29, 1.82) is 0 Å². The van der Waals surface area contributed by atoms with Gasteiger partial charge in [0, 0.05) is 6.54 Å². The van der Waals surface area contributed by atoms with Crippen molar-refractivity contribution in [3.8, 4) is 0 Å². The van der Waals surface area contributed by atoms with Crippen LogP contribution in [-0.2, 0) is 14.7 Å². The fraction of sp³-hybridized carbons (Fsp3) is 1.00. The third-order valence-corrected chi connectivity index (χ3v) is 3.56. The Labute approximate surface area is 67.8 Å². The van der Waals surface area contributed by atoms with Crippen LogP contribution < -0.4 is 5.48 Å². The van der Waals surface area contributed by atoms with E-state index in [-0.39, 0.29) is 11.0 Å². The maximum atomic E-state index is 11.1. The smallest absolute Gasteiger partial charge is 0.153 e. The van der Waals surface area contributed by atoms with E-state index in [2.05, 4.69) is 10.3 Å². The van der Waals surface area contributed by atoms with Crippen molar-refractivity contribution in [2.45, 2.75) is 19.1 Å². The largest absolute Gasteiger partial charge is 0.305 e. The molecule has 0 rings (SSSR count). The van der Waals surface area contributed by atoms with Gasteiger partial charge in [0.15, 0.2) is 9.84 Å². The summed E-state index contributed by atoms with van der Waals surface area (Å²) >= 11 is 0. The summed E-state index contributed by atoms with van der Waals surface area (Å²) in [7, 11) is -1.45. The molecule has 0 amide bonds. The molecule has 0 unspecified atom stereocenters. The van der Waals surface area contributed by atoms with Crippen molar-refractivity contribution in [1.82, 2.24) is 5.48 Å². The van der Waals surface area contributed by atoms with Crippen molar-refractivity contribution >= 4 is 9.84 Å². The summed E-state index contributed by atoms with van der Waals surface area (Å²) in [4.78, 5) is 4.50. The van der Waals surface area contributed by atoms with Crippen LogP contribution in [0, 0.1) is 0 Å². The normalized spacial score (nSPS) is 12.4. The SMILES string of the molecule is CONCCS(=O)(=O)C(C)C. The van der Waals surface area contributed by atoms with Gasteiger partial charge in [0.1, 0.15) is 0 Å². The molecule has 0 aromatic heterocycles. The lowest BCUT2D eigenvalue weighted by molar-refractivity contribution is 0.0966. The molecule has 4 nitrogen and oxygen atoms in total. The number of rotatable bonds is 5. The van der Waals surface area contributed by atoms with E-state index in [4.69, 9.17) is 0 Å². The first kappa shape index (κ1) is 10.9. The standard InChI is InChI=1S/C6H15NO3S/c1-6(2)11(8,9)5-4-7-10-3/h6-7H,4-5H2,1-3H3. The molecule has 0 aliphatic carbocycles. The summed E-state index contributed by atoms with van der Waals surface area (Å²) in [6.45, 7) is 3.68. The number of hydrogen-bond acceptors (Lipinski definition) is 4. The Morgan fingerprint density at radius 3 is 2.36 bits per heavy atom. The number of hydrogen-bond donors (Lipinski definition) is 1. The Bertz CT molecular complexity index is 186. The van der Waals surface area contributed by atoms with Crippen LogP contribution in [0.1, 0.15) is 13.8 Å². The van der Waals surface area contributed by atoms with Gasteiger partial charge in [-0.2, -0.15) is 0 Å². The predicted molar refractivity (Wildman–Crippen MR) is 43.9 cm³/mol. The van der Waals surface area contributed by atoms with Gasteiger partial charge in [-0.25, -0.2) is 13.9 Å². The van der Waals surface area contributed by atoms with Crippen molar-refractivity contribution in [2.75, 3.05) is 19.4 Å². The second-order valence-electron chi connectivity index (χ2n) is 2.51. The lowest BCUT2D eigenvalue weighted by Gasteiger charge is -2.06. The van der Waals surface area contributed by atoms with Gasteiger partial charge < -0.3 is 4.84 Å². The first-order chi connectivity index (χ1) is 5.00. The van der Waals surface area contributed by atoms with Crippen LogP contribution in [0.15, 0.2) is 0 Å². The maximum Gasteiger partial charge on any atom is 0.153 e. The average Bonchev–Trinajstić information content (AvgIpc) is 1.88. The van der Waals surface area contributed by atoms with Gasteiger partial charge in [-0.1, -0.05) is 0 Å². The highest BCUT2D eigenvalue weighted by Crippen LogP contribution is 1.98. The van der Waals surface area contributed by atoms with Crippen LogP contribution in [0.3, 0.4) is 0 Å². The summed E-state index contributed by atoms with van der Waals surface area (Å²) in [5.41, 5.74) is 2.48. The molecule has 1 N–H and O–H groups in total. The number of nitrogens with one attached hydrogen (secondary N) is 1. The molecule has 0 atom stereocenters. The van der Waals surface area contributed by atoms with E-state index in [1.54, 1.807) is 13.8 Å². The highest BCUT2D eigenvalue weighted by atomic mass is 32.2. The third-order valence-electron chi connectivity index (χ3n) is 1.35. The molecule has 0 aliphatic heterocycles. The lowest BCUT2D eigenvalue weighted by Crippen LogP contribution is -2.26. The van der Waals surface area contributed by atoms with Crippen LogP contribution in [-0.4, -0.2) is 33.1 Å². The van der Waals surface area contributed by atoms with Crippen LogP contribution in [0.4, 0.5) is 0 Å². The minimum atomic E-state index is -2.91. The summed E-state index contributed by atoms with van der Waals surface area (Å²) < 4.78 is 22.2. The summed E-state index contributed by atoms with van der Waals surface area (Å²) in [5, 5.41) is -0.304. The third kappa shape index (κ3) is 4.34. The first-order valence-corrected chi connectivity index (χ1v) is 5.19. The molecule has 0 spiro atoms. The molecule has 68 valence electrons. The molecule has 0 saturated carbocycles. The molecule has 0 aromatic rings. The van der Waals surface area contributed by atoms with E-state index in [1.807, 2.05) is 0 Å². The Kier molecular flexibility index (Phi) is 4.63. The van der Waals surface area contributed by atoms with E-state index < -0.39 is 9.84 Å². The number of sulfone groups is 1. The maximum absolute atomic E-state index is 11.1. The second-order valence-corrected chi connectivity index (χ2v) is 5.19. The van der Waals surface area contributed by atoms with Crippen molar-refractivity contribution in [3.63, 3.8) is 0 Å². The molecule has 0 fully saturated rings. The van der Waals surface area contributed by atoms with Gasteiger partial charge in [0.05, 0.1) is 18.1 Å². The van der Waals surface area contributed by atoms with Gasteiger partial charge in [-0.05, 0) is 13.8 Å². The minimum absolute atomic E-state index is 0.124. The molecule has 0 heterocycles. The quantitative estimate of drug-likeness (QED) is 0.477. The van der Waals surface area contributed by atoms with Gasteiger partial charge in [0.2, 0.25) is 0 Å². The Balaban J connectivity index is 3.75. The van der Waals surface area contributed by atoms with Crippen molar-refractivity contribution in [2.24, 2.45) is 0 Å². The van der Waals surface area contributed by atoms with Gasteiger partial charge in [0.25, 0.3) is 0 Å². The first-order valence-electron chi connectivity index (χ1n) is 3.48. The summed E-state index contributed by atoms with van der Waals surface area (Å²) in [5.74, 6) is 0.124. The van der Waals surface area contributed by atoms with Crippen LogP contribution in [0.2, 0.25) is 0 Å². The molecule has 0 bridgehead atoms. The predicted octanol–water partition coefficient (Wildman–Crippen LogP) is -0.0394. The van der Waals surface area contributed by atoms with E-state index in [1.165, 1.54) is 7.11 Å². The zero-order chi connectivity index (χ0) is 8.91. The van der Waals surface area contributed by atoms with Gasteiger partial charge >= 0.3 is 0 Å². The molecule has 0 radical (unpaired) electrons. The summed E-state index contributed by atoms with van der Waals surface area (Å²) in [6.07, 6.45) is 0. The van der Waals surface area contributed by atoms with E-state index in [0.717, 1.165) is 0 Å². The average molecular weight is 181 g/mol. The molecular formula is C6H15NO3S. The monoisotopic (exact) mass is 181 g/mol. The van der Waals surface area contributed by atoms with Crippen LogP contribution in [0.25, 0.3) is 0 Å². The molecule has 5 heteroatoms. The number of hydroxylamine groups is 1. The molecule has 0 saturated heterocycles. The Hall–Kier alpha value is -0.130. The Morgan fingerprint density at radius 2 is 2.00 bits per heavy atom. The van der Waals surface area contributed by atoms with Crippen molar-refractivity contribution in [3.05, 3.63) is 0 Å². The lowest BCUT2D eigenvalue weighted by atomic mass is 10.6. The zero-order valence-corrected chi connectivity index (χ0v) is 7.94. The van der Waals surface area contributed by atoms with Crippen LogP contribution >= 0.6 is 0 Å². The fourth-order valence-electron chi connectivity index (χ4n) is 0.522. The van der Waals surface area contributed by atoms with E-state index in [0.29, 0.717) is 6.54 Å². The fourth-order valence-corrected chi connectivity index (χ4v) is 1.36. The molecule has 11 heavy (non-hydrogen) atoms. The minimum Gasteiger partial charge on any atom is -0.305 e. The van der Waals surface area contributed by atoms with E-state index in [9.17, 15) is 8.42 Å².